The van der Waals surface area contributed by atoms with Crippen LogP contribution in [0.1, 0.15) is 28.8 Å². The van der Waals surface area contributed by atoms with Gasteiger partial charge in [-0.2, -0.15) is 0 Å². The number of ether oxygens (including phenoxy) is 1. The molecule has 2 aromatic rings. The zero-order valence-corrected chi connectivity index (χ0v) is 15.1. The minimum Gasteiger partial charge on any atom is -0.497 e. The zero-order valence-electron chi connectivity index (χ0n) is 14.3. The number of rotatable bonds is 7. The number of nitrogens with one attached hydrogen (secondary N) is 2. The normalized spacial score (nSPS) is 19.1. The average Bonchev–Trinajstić information content (AvgIpc) is 2.59. The summed E-state index contributed by atoms with van der Waals surface area (Å²) in [7, 11) is 1.68. The van der Waals surface area contributed by atoms with E-state index in [0.717, 1.165) is 31.6 Å². The van der Waals surface area contributed by atoms with Gasteiger partial charge in [0.25, 0.3) is 5.91 Å². The van der Waals surface area contributed by atoms with Crippen molar-refractivity contribution in [2.75, 3.05) is 13.7 Å². The summed E-state index contributed by atoms with van der Waals surface area (Å²) in [6.45, 7) is 0.936. The van der Waals surface area contributed by atoms with Crippen molar-refractivity contribution in [2.24, 2.45) is 0 Å². The van der Waals surface area contributed by atoms with Gasteiger partial charge in [0.2, 0.25) is 0 Å². The number of methoxy groups -OCH3 is 1. The standard InChI is InChI=1S/C20H23ClN2O2/c1-25-19-7-5-14(6-8-19)9-10-22-17-12-18(13-17)23-20(24)15-3-2-4-16(21)11-15/h2-8,11,17-18,22H,9-10,12-13H2,1H3,(H,23,24). The van der Waals surface area contributed by atoms with Crippen LogP contribution in [0.4, 0.5) is 0 Å². The van der Waals surface area contributed by atoms with Crippen molar-refractivity contribution in [3.63, 3.8) is 0 Å². The minimum atomic E-state index is -0.0517. The summed E-state index contributed by atoms with van der Waals surface area (Å²) in [6.07, 6.45) is 2.92. The Morgan fingerprint density at radius 2 is 1.92 bits per heavy atom. The number of amides is 1. The Morgan fingerprint density at radius 1 is 1.16 bits per heavy atom. The molecule has 0 bridgehead atoms. The highest BCUT2D eigenvalue weighted by molar-refractivity contribution is 6.30. The Labute approximate surface area is 153 Å². The Hall–Kier alpha value is -2.04. The second-order valence-corrected chi connectivity index (χ2v) is 6.84. The van der Waals surface area contributed by atoms with Crippen LogP contribution in [-0.2, 0) is 6.42 Å². The number of hydrogen-bond acceptors (Lipinski definition) is 3. The molecule has 0 radical (unpaired) electrons. The lowest BCUT2D eigenvalue weighted by Gasteiger charge is -2.36. The molecule has 132 valence electrons. The van der Waals surface area contributed by atoms with E-state index in [0.29, 0.717) is 16.6 Å². The molecular formula is C20H23ClN2O2. The summed E-state index contributed by atoms with van der Waals surface area (Å²) in [6, 6.07) is 15.9. The quantitative estimate of drug-likeness (QED) is 0.797. The first kappa shape index (κ1) is 17.8. The van der Waals surface area contributed by atoms with E-state index in [-0.39, 0.29) is 11.9 Å². The molecule has 1 fully saturated rings. The third-order valence-electron chi connectivity index (χ3n) is 4.57. The molecule has 3 rings (SSSR count). The third-order valence-corrected chi connectivity index (χ3v) is 4.80. The molecule has 0 atom stereocenters. The van der Waals surface area contributed by atoms with Gasteiger partial charge in [0, 0.05) is 22.7 Å². The smallest absolute Gasteiger partial charge is 0.251 e. The lowest BCUT2D eigenvalue weighted by molar-refractivity contribution is 0.0902. The topological polar surface area (TPSA) is 50.4 Å². The molecule has 0 saturated heterocycles. The van der Waals surface area contributed by atoms with Crippen molar-refractivity contribution in [1.29, 1.82) is 0 Å². The van der Waals surface area contributed by atoms with Crippen LogP contribution in [0.5, 0.6) is 5.75 Å². The van der Waals surface area contributed by atoms with Crippen LogP contribution in [-0.4, -0.2) is 31.6 Å². The van der Waals surface area contributed by atoms with Gasteiger partial charge in [0.15, 0.2) is 0 Å². The summed E-state index contributed by atoms with van der Waals surface area (Å²) < 4.78 is 5.16. The SMILES string of the molecule is COc1ccc(CCNC2CC(NC(=O)c3cccc(Cl)c3)C2)cc1. The molecule has 0 unspecified atom stereocenters. The maximum atomic E-state index is 12.2. The molecule has 2 N–H and O–H groups in total. The van der Waals surface area contributed by atoms with Gasteiger partial charge >= 0.3 is 0 Å². The fraction of sp³-hybridized carbons (Fsp3) is 0.350. The second-order valence-electron chi connectivity index (χ2n) is 6.40. The first-order valence-electron chi connectivity index (χ1n) is 8.57. The maximum absolute atomic E-state index is 12.2. The molecule has 1 aliphatic carbocycles. The van der Waals surface area contributed by atoms with E-state index >= 15 is 0 Å². The van der Waals surface area contributed by atoms with Crippen molar-refractivity contribution in [2.45, 2.75) is 31.3 Å². The van der Waals surface area contributed by atoms with Gasteiger partial charge in [-0.15, -0.1) is 0 Å². The number of hydrogen-bond donors (Lipinski definition) is 2. The first-order chi connectivity index (χ1) is 12.1. The van der Waals surface area contributed by atoms with Crippen molar-refractivity contribution < 1.29 is 9.53 Å². The monoisotopic (exact) mass is 358 g/mol. The van der Waals surface area contributed by atoms with Crippen molar-refractivity contribution >= 4 is 17.5 Å². The van der Waals surface area contributed by atoms with Gasteiger partial charge in [-0.3, -0.25) is 4.79 Å². The third kappa shape index (κ3) is 4.97. The van der Waals surface area contributed by atoms with E-state index in [9.17, 15) is 4.79 Å². The number of carbonyl (C=O) groups excluding carboxylic acids is 1. The Morgan fingerprint density at radius 3 is 2.60 bits per heavy atom. The van der Waals surface area contributed by atoms with Crippen molar-refractivity contribution in [3.8, 4) is 5.75 Å². The second kappa shape index (κ2) is 8.37. The zero-order chi connectivity index (χ0) is 17.6. The van der Waals surface area contributed by atoms with E-state index < -0.39 is 0 Å². The molecule has 0 spiro atoms. The molecular weight excluding hydrogens is 336 g/mol. The Kier molecular flexibility index (Phi) is 5.95. The highest BCUT2D eigenvalue weighted by atomic mass is 35.5. The van der Waals surface area contributed by atoms with Gasteiger partial charge in [-0.25, -0.2) is 0 Å². The molecule has 2 aromatic carbocycles. The van der Waals surface area contributed by atoms with Crippen LogP contribution < -0.4 is 15.4 Å². The Bertz CT molecular complexity index is 712. The van der Waals surface area contributed by atoms with Gasteiger partial charge in [-0.05, 0) is 61.7 Å². The molecule has 0 aliphatic heterocycles. The van der Waals surface area contributed by atoms with E-state index in [4.69, 9.17) is 16.3 Å². The van der Waals surface area contributed by atoms with Crippen LogP contribution in [0.3, 0.4) is 0 Å². The summed E-state index contributed by atoms with van der Waals surface area (Å²) in [5.74, 6) is 0.832. The summed E-state index contributed by atoms with van der Waals surface area (Å²) in [5, 5.41) is 7.19. The van der Waals surface area contributed by atoms with E-state index in [1.165, 1.54) is 5.56 Å². The number of halogens is 1. The van der Waals surface area contributed by atoms with E-state index in [1.807, 2.05) is 12.1 Å². The van der Waals surface area contributed by atoms with Gasteiger partial charge in [0.05, 0.1) is 7.11 Å². The molecule has 4 nitrogen and oxygen atoms in total. The average molecular weight is 359 g/mol. The summed E-state index contributed by atoms with van der Waals surface area (Å²) in [4.78, 5) is 12.2. The van der Waals surface area contributed by atoms with Crippen LogP contribution in [0.25, 0.3) is 0 Å². The predicted octanol–water partition coefficient (Wildman–Crippen LogP) is 3.44. The number of benzene rings is 2. The highest BCUT2D eigenvalue weighted by Crippen LogP contribution is 2.21. The van der Waals surface area contributed by atoms with Crippen LogP contribution in [0.15, 0.2) is 48.5 Å². The summed E-state index contributed by atoms with van der Waals surface area (Å²) >= 11 is 5.92. The maximum Gasteiger partial charge on any atom is 0.251 e. The van der Waals surface area contributed by atoms with Gasteiger partial charge in [0.1, 0.15) is 5.75 Å². The molecule has 1 saturated carbocycles. The highest BCUT2D eigenvalue weighted by Gasteiger charge is 2.29. The molecule has 0 aromatic heterocycles. The molecule has 25 heavy (non-hydrogen) atoms. The lowest BCUT2D eigenvalue weighted by Crippen LogP contribution is -2.52. The fourth-order valence-corrected chi connectivity index (χ4v) is 3.20. The fourth-order valence-electron chi connectivity index (χ4n) is 3.01. The van der Waals surface area contributed by atoms with Crippen molar-refractivity contribution in [3.05, 3.63) is 64.7 Å². The van der Waals surface area contributed by atoms with Crippen LogP contribution >= 0.6 is 11.6 Å². The molecule has 5 heteroatoms. The Balaban J connectivity index is 1.34. The van der Waals surface area contributed by atoms with Crippen LogP contribution in [0.2, 0.25) is 5.02 Å². The molecule has 1 aliphatic rings. The summed E-state index contributed by atoms with van der Waals surface area (Å²) in [5.41, 5.74) is 1.90. The lowest BCUT2D eigenvalue weighted by atomic mass is 9.86. The first-order valence-corrected chi connectivity index (χ1v) is 8.94. The predicted molar refractivity (Wildman–Crippen MR) is 100 cm³/mol. The van der Waals surface area contributed by atoms with Crippen molar-refractivity contribution in [1.82, 2.24) is 10.6 Å². The molecule has 1 amide bonds. The van der Waals surface area contributed by atoms with E-state index in [2.05, 4.69) is 22.8 Å². The van der Waals surface area contributed by atoms with Gasteiger partial charge < -0.3 is 15.4 Å². The van der Waals surface area contributed by atoms with Crippen LogP contribution in [0, 0.1) is 0 Å². The largest absolute Gasteiger partial charge is 0.497 e. The van der Waals surface area contributed by atoms with E-state index in [1.54, 1.807) is 31.4 Å². The molecule has 0 heterocycles. The minimum absolute atomic E-state index is 0.0517. The number of carbonyl (C=O) groups is 1. The van der Waals surface area contributed by atoms with Gasteiger partial charge in [-0.1, -0.05) is 29.8 Å².